The maximum Gasteiger partial charge on any atom is 0.309 e. The van der Waals surface area contributed by atoms with Crippen molar-refractivity contribution in [3.05, 3.63) is 33.3 Å². The van der Waals surface area contributed by atoms with Gasteiger partial charge in [-0.3, -0.25) is 19.7 Å². The van der Waals surface area contributed by atoms with Gasteiger partial charge in [-0.2, -0.15) is 0 Å². The van der Waals surface area contributed by atoms with Gasteiger partial charge in [-0.25, -0.2) is 0 Å². The van der Waals surface area contributed by atoms with Gasteiger partial charge in [0.1, 0.15) is 5.69 Å². The van der Waals surface area contributed by atoms with Crippen LogP contribution < -0.4 is 5.32 Å². The maximum atomic E-state index is 11.8. The molecule has 0 unspecified atom stereocenters. The van der Waals surface area contributed by atoms with E-state index in [4.69, 9.17) is 16.7 Å². The number of halogens is 1. The number of aliphatic carboxylic acids is 1. The van der Waals surface area contributed by atoms with Crippen molar-refractivity contribution >= 4 is 34.9 Å². The van der Waals surface area contributed by atoms with Crippen LogP contribution in [-0.2, 0) is 9.59 Å². The molecule has 0 fully saturated rings. The van der Waals surface area contributed by atoms with E-state index < -0.39 is 22.2 Å². The molecule has 7 nitrogen and oxygen atoms in total. The number of carbonyl (C=O) groups is 2. The van der Waals surface area contributed by atoms with Crippen LogP contribution in [0.4, 0.5) is 11.4 Å². The van der Waals surface area contributed by atoms with Crippen LogP contribution in [0.2, 0.25) is 5.02 Å². The number of nitro groups is 1. The van der Waals surface area contributed by atoms with Gasteiger partial charge in [0.15, 0.2) is 0 Å². The molecule has 0 spiro atoms. The Bertz CT molecular complexity index is 571. The highest BCUT2D eigenvalue weighted by Gasteiger charge is 2.30. The SMILES string of the molecule is CC(C)(CC(=O)Nc1cc(Cl)ccc1[N+](=O)[O-])C(=O)O. The summed E-state index contributed by atoms with van der Waals surface area (Å²) in [6, 6.07) is 3.74. The predicted octanol–water partition coefficient (Wildman–Crippen LogP) is 2.69. The first-order chi connectivity index (χ1) is 9.13. The summed E-state index contributed by atoms with van der Waals surface area (Å²) in [4.78, 5) is 32.9. The summed E-state index contributed by atoms with van der Waals surface area (Å²) >= 11 is 5.72. The Hall–Kier alpha value is -2.15. The molecule has 0 atom stereocenters. The summed E-state index contributed by atoms with van der Waals surface area (Å²) in [7, 11) is 0. The molecule has 1 amide bonds. The highest BCUT2D eigenvalue weighted by Crippen LogP contribution is 2.29. The van der Waals surface area contributed by atoms with Crippen LogP contribution in [0.1, 0.15) is 20.3 Å². The molecule has 0 aromatic heterocycles. The zero-order valence-electron chi connectivity index (χ0n) is 10.8. The minimum atomic E-state index is -1.27. The predicted molar refractivity (Wildman–Crippen MR) is 72.8 cm³/mol. The maximum absolute atomic E-state index is 11.8. The normalized spacial score (nSPS) is 10.9. The van der Waals surface area contributed by atoms with Gasteiger partial charge in [-0.1, -0.05) is 11.6 Å². The number of carboxylic acids is 1. The van der Waals surface area contributed by atoms with Gasteiger partial charge in [-0.15, -0.1) is 0 Å². The topological polar surface area (TPSA) is 110 Å². The van der Waals surface area contributed by atoms with Gasteiger partial charge < -0.3 is 10.4 Å². The van der Waals surface area contributed by atoms with Crippen LogP contribution in [-0.4, -0.2) is 21.9 Å². The average Bonchev–Trinajstić information content (AvgIpc) is 2.27. The minimum Gasteiger partial charge on any atom is -0.481 e. The molecule has 0 bridgehead atoms. The third-order valence-corrected chi connectivity index (χ3v) is 2.85. The lowest BCUT2D eigenvalue weighted by Crippen LogP contribution is -2.29. The monoisotopic (exact) mass is 300 g/mol. The minimum absolute atomic E-state index is 0.0614. The summed E-state index contributed by atoms with van der Waals surface area (Å²) in [6.45, 7) is 2.78. The molecule has 0 aliphatic rings. The van der Waals surface area contributed by atoms with Crippen molar-refractivity contribution in [2.24, 2.45) is 5.41 Å². The number of rotatable bonds is 5. The Balaban J connectivity index is 2.94. The van der Waals surface area contributed by atoms with E-state index in [2.05, 4.69) is 5.32 Å². The number of nitrogens with one attached hydrogen (secondary N) is 1. The molecule has 0 saturated heterocycles. The molecule has 0 heterocycles. The lowest BCUT2D eigenvalue weighted by atomic mass is 9.89. The summed E-state index contributed by atoms with van der Waals surface area (Å²) < 4.78 is 0. The van der Waals surface area contributed by atoms with E-state index in [0.29, 0.717) is 0 Å². The third-order valence-electron chi connectivity index (χ3n) is 2.61. The second-order valence-electron chi connectivity index (χ2n) is 4.83. The summed E-state index contributed by atoms with van der Waals surface area (Å²) in [6.07, 6.45) is -0.313. The van der Waals surface area contributed by atoms with Gasteiger partial charge in [-0.05, 0) is 26.0 Å². The van der Waals surface area contributed by atoms with Crippen molar-refractivity contribution in [2.75, 3.05) is 5.32 Å². The zero-order chi connectivity index (χ0) is 15.5. The Kier molecular flexibility index (Phi) is 4.67. The summed E-state index contributed by atoms with van der Waals surface area (Å²) in [5, 5.41) is 22.3. The van der Waals surface area contributed by atoms with Gasteiger partial charge >= 0.3 is 5.97 Å². The van der Waals surface area contributed by atoms with Crippen molar-refractivity contribution in [1.82, 2.24) is 0 Å². The average molecular weight is 301 g/mol. The molecule has 20 heavy (non-hydrogen) atoms. The van der Waals surface area contributed by atoms with E-state index in [9.17, 15) is 19.7 Å². The number of anilines is 1. The zero-order valence-corrected chi connectivity index (χ0v) is 11.6. The number of benzene rings is 1. The summed E-state index contributed by atoms with van der Waals surface area (Å²) in [5.41, 5.74) is -1.64. The molecule has 1 rings (SSSR count). The molecule has 2 N–H and O–H groups in total. The first kappa shape index (κ1) is 15.9. The Labute approximate surface area is 119 Å². The van der Waals surface area contributed by atoms with E-state index in [-0.39, 0.29) is 22.8 Å². The molecule has 0 radical (unpaired) electrons. The molecule has 0 aliphatic heterocycles. The number of carboxylic acid groups (broad SMARTS) is 1. The van der Waals surface area contributed by atoms with Crippen LogP contribution in [0.3, 0.4) is 0 Å². The number of hydrogen-bond donors (Lipinski definition) is 2. The first-order valence-corrected chi connectivity index (χ1v) is 5.98. The Morgan fingerprint density at radius 1 is 1.45 bits per heavy atom. The van der Waals surface area contributed by atoms with Crippen molar-refractivity contribution in [2.45, 2.75) is 20.3 Å². The largest absolute Gasteiger partial charge is 0.481 e. The van der Waals surface area contributed by atoms with Crippen LogP contribution >= 0.6 is 11.6 Å². The fourth-order valence-corrected chi connectivity index (χ4v) is 1.61. The first-order valence-electron chi connectivity index (χ1n) is 5.60. The van der Waals surface area contributed by atoms with Gasteiger partial charge in [0.25, 0.3) is 5.69 Å². The summed E-state index contributed by atoms with van der Waals surface area (Å²) in [5.74, 6) is -1.77. The molecular formula is C12H13ClN2O5. The van der Waals surface area contributed by atoms with Crippen molar-refractivity contribution in [3.8, 4) is 0 Å². The second kappa shape index (κ2) is 5.87. The van der Waals surface area contributed by atoms with Gasteiger partial charge in [0.05, 0.1) is 10.3 Å². The fourth-order valence-electron chi connectivity index (χ4n) is 1.44. The smallest absolute Gasteiger partial charge is 0.309 e. The van der Waals surface area contributed by atoms with E-state index in [1.807, 2.05) is 0 Å². The highest BCUT2D eigenvalue weighted by molar-refractivity contribution is 6.31. The van der Waals surface area contributed by atoms with E-state index in [1.54, 1.807) is 0 Å². The lowest BCUT2D eigenvalue weighted by molar-refractivity contribution is -0.383. The number of amides is 1. The highest BCUT2D eigenvalue weighted by atomic mass is 35.5. The number of nitrogens with zero attached hydrogens (tertiary/aromatic N) is 1. The Morgan fingerprint density at radius 2 is 2.05 bits per heavy atom. The van der Waals surface area contributed by atoms with Crippen LogP contribution in [0.25, 0.3) is 0 Å². The van der Waals surface area contributed by atoms with Crippen LogP contribution in [0.5, 0.6) is 0 Å². The molecule has 108 valence electrons. The molecular weight excluding hydrogens is 288 g/mol. The van der Waals surface area contributed by atoms with Crippen LogP contribution in [0.15, 0.2) is 18.2 Å². The quantitative estimate of drug-likeness (QED) is 0.641. The van der Waals surface area contributed by atoms with Crippen molar-refractivity contribution in [1.29, 1.82) is 0 Å². The van der Waals surface area contributed by atoms with Crippen LogP contribution in [0, 0.1) is 15.5 Å². The van der Waals surface area contributed by atoms with Crippen molar-refractivity contribution < 1.29 is 19.6 Å². The van der Waals surface area contributed by atoms with Gasteiger partial charge in [0.2, 0.25) is 5.91 Å². The molecule has 0 aliphatic carbocycles. The number of carbonyl (C=O) groups excluding carboxylic acids is 1. The molecule has 8 heteroatoms. The lowest BCUT2D eigenvalue weighted by Gasteiger charge is -2.18. The fraction of sp³-hybridized carbons (Fsp3) is 0.333. The van der Waals surface area contributed by atoms with Gasteiger partial charge in [0, 0.05) is 17.5 Å². The molecule has 0 saturated carbocycles. The number of hydrogen-bond acceptors (Lipinski definition) is 4. The van der Waals surface area contributed by atoms with E-state index >= 15 is 0 Å². The third kappa shape index (κ3) is 3.92. The second-order valence-corrected chi connectivity index (χ2v) is 5.27. The Morgan fingerprint density at radius 3 is 2.55 bits per heavy atom. The number of nitro benzene ring substituents is 1. The van der Waals surface area contributed by atoms with E-state index in [0.717, 1.165) is 0 Å². The van der Waals surface area contributed by atoms with Crippen molar-refractivity contribution in [3.63, 3.8) is 0 Å². The standard InChI is InChI=1S/C12H13ClN2O5/c1-12(2,11(17)18)6-10(16)14-8-5-7(13)3-4-9(8)15(19)20/h3-5H,6H2,1-2H3,(H,14,16)(H,17,18). The van der Waals surface area contributed by atoms with E-state index in [1.165, 1.54) is 32.0 Å². The molecule has 1 aromatic carbocycles. The molecule has 1 aromatic rings.